The summed E-state index contributed by atoms with van der Waals surface area (Å²) in [5.74, 6) is -1.51. The molecule has 0 aliphatic carbocycles. The van der Waals surface area contributed by atoms with E-state index in [1.807, 2.05) is 30.3 Å². The lowest BCUT2D eigenvalue weighted by Crippen LogP contribution is -2.40. The van der Waals surface area contributed by atoms with Gasteiger partial charge in [-0.3, -0.25) is 14.5 Å². The first kappa shape index (κ1) is 20.7. The molecule has 1 aromatic rings. The first-order valence-electron chi connectivity index (χ1n) is 9.16. The van der Waals surface area contributed by atoms with Gasteiger partial charge in [-0.15, -0.1) is 13.2 Å². The Morgan fingerprint density at radius 2 is 1.76 bits per heavy atom. The van der Waals surface area contributed by atoms with Crippen LogP contribution in [0.5, 0.6) is 0 Å². The highest BCUT2D eigenvalue weighted by molar-refractivity contribution is 7.80. The van der Waals surface area contributed by atoms with E-state index >= 15 is 0 Å². The first-order chi connectivity index (χ1) is 14.0. The number of para-hydroxylation sites is 1. The smallest absolute Gasteiger partial charge is 0.236 e. The van der Waals surface area contributed by atoms with Gasteiger partial charge < -0.3 is 21.1 Å². The maximum Gasteiger partial charge on any atom is 0.236 e. The minimum absolute atomic E-state index is 0.136. The van der Waals surface area contributed by atoms with Gasteiger partial charge in [0.15, 0.2) is 5.11 Å². The summed E-state index contributed by atoms with van der Waals surface area (Å²) < 4.78 is 5.67. The number of ether oxygens (including phenoxy) is 1. The fourth-order valence-corrected chi connectivity index (χ4v) is 3.76. The molecule has 8 nitrogen and oxygen atoms in total. The molecule has 2 aliphatic rings. The van der Waals surface area contributed by atoms with Crippen LogP contribution in [0.4, 0.5) is 5.69 Å². The number of thiocarbonyl (C=S) groups is 1. The Balaban J connectivity index is 1.54. The van der Waals surface area contributed by atoms with Crippen LogP contribution in [0.1, 0.15) is 0 Å². The molecule has 2 heterocycles. The van der Waals surface area contributed by atoms with Gasteiger partial charge in [0, 0.05) is 18.8 Å². The Hall–Kier alpha value is -3.04. The predicted molar refractivity (Wildman–Crippen MR) is 115 cm³/mol. The third-order valence-corrected chi connectivity index (χ3v) is 5.09. The molecule has 0 aromatic heterocycles. The van der Waals surface area contributed by atoms with Crippen molar-refractivity contribution in [1.29, 1.82) is 0 Å². The highest BCUT2D eigenvalue weighted by Crippen LogP contribution is 2.41. The van der Waals surface area contributed by atoms with Gasteiger partial charge in [-0.1, -0.05) is 30.4 Å². The number of anilines is 1. The van der Waals surface area contributed by atoms with Crippen LogP contribution in [0, 0.1) is 11.8 Å². The highest BCUT2D eigenvalue weighted by Gasteiger charge is 2.58. The van der Waals surface area contributed by atoms with Gasteiger partial charge in [0.25, 0.3) is 0 Å². The van der Waals surface area contributed by atoms with Crippen LogP contribution in [0.15, 0.2) is 60.6 Å². The number of hydrogen-bond donors (Lipinski definition) is 3. The molecule has 0 saturated carbocycles. The largest absolute Gasteiger partial charge is 0.369 e. The summed E-state index contributed by atoms with van der Waals surface area (Å²) in [5.41, 5.74) is 6.61. The second-order valence-electron chi connectivity index (χ2n) is 6.64. The van der Waals surface area contributed by atoms with Crippen molar-refractivity contribution in [2.24, 2.45) is 22.6 Å². The minimum Gasteiger partial charge on any atom is -0.369 e. The lowest BCUT2D eigenvalue weighted by atomic mass is 9.89. The number of aliphatic imine (C=N–C) groups is 1. The average molecular weight is 414 g/mol. The number of nitrogens with one attached hydrogen (secondary N) is 2. The van der Waals surface area contributed by atoms with Crippen molar-refractivity contribution in [3.8, 4) is 0 Å². The molecule has 3 rings (SSSR count). The Morgan fingerprint density at radius 1 is 1.17 bits per heavy atom. The molecule has 0 radical (unpaired) electrons. The summed E-state index contributed by atoms with van der Waals surface area (Å²) in [6.07, 6.45) is 2.12. The number of imide groups is 1. The molecule has 9 heteroatoms. The van der Waals surface area contributed by atoms with E-state index in [1.165, 1.54) is 4.90 Å². The van der Waals surface area contributed by atoms with E-state index in [1.54, 1.807) is 12.2 Å². The fourth-order valence-electron chi connectivity index (χ4n) is 3.56. The van der Waals surface area contributed by atoms with Gasteiger partial charge >= 0.3 is 0 Å². The molecule has 29 heavy (non-hydrogen) atoms. The third kappa shape index (κ3) is 4.36. The van der Waals surface area contributed by atoms with E-state index < -0.39 is 24.0 Å². The Kier molecular flexibility index (Phi) is 6.40. The number of nitrogens with zero attached hydrogens (tertiary/aromatic N) is 2. The van der Waals surface area contributed by atoms with Crippen LogP contribution in [-0.4, -0.2) is 53.1 Å². The van der Waals surface area contributed by atoms with Crippen molar-refractivity contribution in [3.63, 3.8) is 0 Å². The summed E-state index contributed by atoms with van der Waals surface area (Å²) in [5, 5.41) is 5.96. The molecule has 4 unspecified atom stereocenters. The number of guanidine groups is 1. The Bertz CT molecular complexity index is 825. The average Bonchev–Trinajstić information content (AvgIpc) is 3.20. The van der Waals surface area contributed by atoms with E-state index in [-0.39, 0.29) is 36.0 Å². The topological polar surface area (TPSA) is 109 Å². The molecule has 152 valence electrons. The second kappa shape index (κ2) is 8.97. The number of nitrogens with two attached hydrogens (primary N) is 1. The number of hydrogen-bond acceptors (Lipinski definition) is 4. The fraction of sp³-hybridized carbons (Fsp3) is 0.300. The van der Waals surface area contributed by atoms with Crippen molar-refractivity contribution in [1.82, 2.24) is 10.2 Å². The molecule has 1 aromatic carbocycles. The van der Waals surface area contributed by atoms with Gasteiger partial charge in [-0.25, -0.2) is 0 Å². The molecule has 2 aliphatic heterocycles. The van der Waals surface area contributed by atoms with Gasteiger partial charge in [-0.2, -0.15) is 4.99 Å². The predicted octanol–water partition coefficient (Wildman–Crippen LogP) is 1.03. The maximum absolute atomic E-state index is 12.7. The third-order valence-electron chi connectivity index (χ3n) is 4.86. The molecule has 2 saturated heterocycles. The quantitative estimate of drug-likeness (QED) is 0.210. The number of benzene rings is 1. The van der Waals surface area contributed by atoms with Crippen molar-refractivity contribution >= 4 is 40.8 Å². The van der Waals surface area contributed by atoms with Gasteiger partial charge in [0.05, 0.1) is 24.0 Å². The number of rotatable bonds is 6. The van der Waals surface area contributed by atoms with Crippen LogP contribution >= 0.6 is 12.2 Å². The van der Waals surface area contributed by atoms with Crippen molar-refractivity contribution in [2.75, 3.05) is 18.4 Å². The molecule has 4 N–H and O–H groups in total. The molecule has 0 spiro atoms. The summed E-state index contributed by atoms with van der Waals surface area (Å²) in [6, 6.07) is 9.31. The summed E-state index contributed by atoms with van der Waals surface area (Å²) in [4.78, 5) is 30.7. The van der Waals surface area contributed by atoms with E-state index in [0.29, 0.717) is 0 Å². The first-order valence-corrected chi connectivity index (χ1v) is 9.57. The maximum atomic E-state index is 12.7. The minimum atomic E-state index is -0.557. The van der Waals surface area contributed by atoms with Crippen LogP contribution < -0.4 is 16.4 Å². The second-order valence-corrected chi connectivity index (χ2v) is 7.02. The van der Waals surface area contributed by atoms with Crippen molar-refractivity contribution < 1.29 is 14.3 Å². The molecule has 4 atom stereocenters. The van der Waals surface area contributed by atoms with E-state index in [0.717, 1.165) is 5.69 Å². The number of amides is 2. The lowest BCUT2D eigenvalue weighted by Gasteiger charge is -2.19. The van der Waals surface area contributed by atoms with Gasteiger partial charge in [-0.05, 0) is 24.4 Å². The summed E-state index contributed by atoms with van der Waals surface area (Å²) >= 11 is 5.15. The molecular formula is C20H23N5O3S. The summed E-state index contributed by atoms with van der Waals surface area (Å²) in [7, 11) is 0. The van der Waals surface area contributed by atoms with Crippen LogP contribution in [0.3, 0.4) is 0 Å². The van der Waals surface area contributed by atoms with Crippen LogP contribution in [0.25, 0.3) is 0 Å². The normalized spacial score (nSPS) is 26.2. The zero-order valence-electron chi connectivity index (χ0n) is 15.8. The van der Waals surface area contributed by atoms with Gasteiger partial charge in [0.1, 0.15) is 0 Å². The summed E-state index contributed by atoms with van der Waals surface area (Å²) in [6.45, 7) is 7.82. The zero-order valence-corrected chi connectivity index (χ0v) is 16.6. The van der Waals surface area contributed by atoms with E-state index in [2.05, 4.69) is 28.8 Å². The number of carbonyl (C=O) groups excluding carboxylic acids is 2. The molecule has 2 fully saturated rings. The van der Waals surface area contributed by atoms with Crippen molar-refractivity contribution in [2.45, 2.75) is 12.2 Å². The monoisotopic (exact) mass is 413 g/mol. The van der Waals surface area contributed by atoms with Gasteiger partial charge in [0.2, 0.25) is 17.8 Å². The molecular weight excluding hydrogens is 390 g/mol. The van der Waals surface area contributed by atoms with E-state index in [9.17, 15) is 9.59 Å². The number of likely N-dealkylation sites (tertiary alicyclic amines) is 1. The van der Waals surface area contributed by atoms with E-state index in [4.69, 9.17) is 22.7 Å². The molecule has 0 bridgehead atoms. The van der Waals surface area contributed by atoms with Crippen LogP contribution in [0.2, 0.25) is 0 Å². The number of carbonyl (C=O) groups is 2. The standard InChI is InChI=1S/C20H23N5O3S/c1-3-13-15-16(14(4-2)28-13)18(27)25(17(15)26)11-10-22-20(29)24-19(21)23-12-8-6-5-7-9-12/h3-9,13-16H,1-2,10-11H2,(H4,21,22,23,24,29). The SMILES string of the molecule is C=CC1OC(C=C)C2C(=O)N(CCNC(=S)/N=C(\N)Nc3ccccc3)C(=O)C12. The zero-order chi connectivity index (χ0) is 21.0. The number of fused-ring (bicyclic) bond motifs is 1. The van der Waals surface area contributed by atoms with Crippen LogP contribution in [-0.2, 0) is 14.3 Å². The lowest BCUT2D eigenvalue weighted by molar-refractivity contribution is -0.142. The Morgan fingerprint density at radius 3 is 2.31 bits per heavy atom. The van der Waals surface area contributed by atoms with Crippen molar-refractivity contribution in [3.05, 3.63) is 55.6 Å². The Labute approximate surface area is 174 Å². The highest BCUT2D eigenvalue weighted by atomic mass is 32.1. The molecule has 2 amide bonds.